The van der Waals surface area contributed by atoms with Crippen molar-refractivity contribution < 1.29 is 4.74 Å². The monoisotopic (exact) mass is 266 g/mol. The van der Waals surface area contributed by atoms with E-state index in [1.807, 2.05) is 6.07 Å². The fourth-order valence-electron chi connectivity index (χ4n) is 2.07. The second-order valence-electron chi connectivity index (χ2n) is 3.78. The maximum Gasteiger partial charge on any atom is 0.119 e. The third-order valence-electron chi connectivity index (χ3n) is 2.93. The summed E-state index contributed by atoms with van der Waals surface area (Å²) in [5.74, 6) is 0.927. The van der Waals surface area contributed by atoms with Crippen molar-refractivity contribution in [2.24, 2.45) is 0 Å². The summed E-state index contributed by atoms with van der Waals surface area (Å²) in [6, 6.07) is 6.34. The summed E-state index contributed by atoms with van der Waals surface area (Å²) < 4.78 is 6.35. The van der Waals surface area contributed by atoms with Gasteiger partial charge in [-0.1, -0.05) is 39.0 Å². The summed E-state index contributed by atoms with van der Waals surface area (Å²) in [6.45, 7) is 0. The molecule has 0 fully saturated rings. The number of aryl methyl sites for hydroxylation is 1. The third-order valence-corrected chi connectivity index (χ3v) is 6.10. The van der Waals surface area contributed by atoms with Crippen LogP contribution in [0, 0.1) is 3.82 Å². The maximum absolute atomic E-state index is 5.36. The lowest BCUT2D eigenvalue weighted by atomic mass is 9.92. The zero-order valence-corrected chi connectivity index (χ0v) is 11.2. The Morgan fingerprint density at radius 3 is 2.94 bits per heavy atom. The van der Waals surface area contributed by atoms with Crippen molar-refractivity contribution in [1.29, 1.82) is 0 Å². The number of hydrogen-bond acceptors (Lipinski definition) is 4. The summed E-state index contributed by atoms with van der Waals surface area (Å²) in [4.78, 5) is 1.36. The second-order valence-corrected chi connectivity index (χ2v) is 6.60. The van der Waals surface area contributed by atoms with E-state index in [-0.39, 0.29) is 0 Å². The Bertz CT molecular complexity index is 595. The van der Waals surface area contributed by atoms with Gasteiger partial charge in [-0.3, -0.25) is 0 Å². The Balaban J connectivity index is 2.25. The topological polar surface area (TPSA) is 9.23 Å². The van der Waals surface area contributed by atoms with Gasteiger partial charge in [0.2, 0.25) is 0 Å². The smallest absolute Gasteiger partial charge is 0.119 e. The maximum atomic E-state index is 5.36. The molecule has 0 saturated heterocycles. The zero-order chi connectivity index (χ0) is 11.1. The van der Waals surface area contributed by atoms with Gasteiger partial charge < -0.3 is 4.74 Å². The van der Waals surface area contributed by atoms with E-state index in [1.165, 1.54) is 21.6 Å². The Labute approximate surface area is 107 Å². The molecule has 1 aliphatic rings. The molecule has 1 aromatic carbocycles. The summed E-state index contributed by atoms with van der Waals surface area (Å²) >= 11 is 5.36. The van der Waals surface area contributed by atoms with Crippen LogP contribution in [0.25, 0.3) is 10.4 Å². The quantitative estimate of drug-likeness (QED) is 0.562. The van der Waals surface area contributed by atoms with Crippen LogP contribution < -0.4 is 4.74 Å². The highest BCUT2D eigenvalue weighted by Gasteiger charge is 2.19. The fourth-order valence-corrected chi connectivity index (χ4v) is 5.11. The van der Waals surface area contributed by atoms with Crippen LogP contribution in [0.15, 0.2) is 18.2 Å². The van der Waals surface area contributed by atoms with Crippen LogP contribution in [0.5, 0.6) is 5.75 Å². The van der Waals surface area contributed by atoms with Crippen LogP contribution in [-0.4, -0.2) is 7.11 Å². The molecule has 0 spiro atoms. The molecule has 82 valence electrons. The van der Waals surface area contributed by atoms with Crippen molar-refractivity contribution in [1.82, 2.24) is 0 Å². The van der Waals surface area contributed by atoms with E-state index >= 15 is 0 Å². The molecule has 0 amide bonds. The van der Waals surface area contributed by atoms with Crippen molar-refractivity contribution in [3.63, 3.8) is 0 Å². The molecule has 2 aromatic rings. The second kappa shape index (κ2) is 3.95. The van der Waals surface area contributed by atoms with Gasteiger partial charge in [0, 0.05) is 5.56 Å². The predicted octanol–water partition coefficient (Wildman–Crippen LogP) is 4.31. The first-order chi connectivity index (χ1) is 7.79. The molecule has 0 bridgehead atoms. The van der Waals surface area contributed by atoms with E-state index in [4.69, 9.17) is 17.0 Å². The number of ether oxygens (including phenoxy) is 1. The van der Waals surface area contributed by atoms with Crippen molar-refractivity contribution >= 4 is 32.9 Å². The van der Waals surface area contributed by atoms with Gasteiger partial charge in [-0.15, -0.1) is 0 Å². The Morgan fingerprint density at radius 2 is 2.12 bits per heavy atom. The van der Waals surface area contributed by atoms with E-state index in [1.54, 1.807) is 27.8 Å². The van der Waals surface area contributed by atoms with Gasteiger partial charge in [0.05, 0.1) is 12.0 Å². The molecule has 0 atom stereocenters. The largest absolute Gasteiger partial charge is 0.497 e. The molecule has 1 nitrogen and oxygen atoms in total. The van der Waals surface area contributed by atoms with Gasteiger partial charge in [0.25, 0.3) is 0 Å². The highest BCUT2D eigenvalue weighted by atomic mass is 32.9. The van der Waals surface area contributed by atoms with Crippen LogP contribution in [0.4, 0.5) is 0 Å². The first kappa shape index (κ1) is 10.4. The van der Waals surface area contributed by atoms with Gasteiger partial charge >= 0.3 is 0 Å². The Morgan fingerprint density at radius 1 is 1.25 bits per heavy atom. The highest BCUT2D eigenvalue weighted by molar-refractivity contribution is 7.80. The lowest BCUT2D eigenvalue weighted by molar-refractivity contribution is 0.415. The standard InChI is InChI=1S/C12H10OS3/c1-13-8-4-2-7-3-5-9-11(10(7)6-8)15-16-12(9)14/h2,4,6H,3,5H2,1H3. The molecule has 0 saturated carbocycles. The van der Waals surface area contributed by atoms with E-state index in [9.17, 15) is 0 Å². The average Bonchev–Trinajstić information content (AvgIpc) is 2.71. The van der Waals surface area contributed by atoms with Gasteiger partial charge in [0.1, 0.15) is 9.57 Å². The number of rotatable bonds is 1. The molecule has 4 heteroatoms. The van der Waals surface area contributed by atoms with Gasteiger partial charge in [0.15, 0.2) is 0 Å². The number of fused-ring (bicyclic) bond motifs is 3. The molecule has 1 heterocycles. The summed E-state index contributed by atoms with van der Waals surface area (Å²) in [5.41, 5.74) is 4.10. The summed E-state index contributed by atoms with van der Waals surface area (Å²) in [6.07, 6.45) is 2.19. The molecule has 0 radical (unpaired) electrons. The molecule has 3 rings (SSSR count). The van der Waals surface area contributed by atoms with Crippen molar-refractivity contribution in [3.8, 4) is 16.2 Å². The lowest BCUT2D eigenvalue weighted by Gasteiger charge is -2.16. The Kier molecular flexibility index (Phi) is 2.58. The SMILES string of the molecule is COc1ccc2c(c1)-c1ssc(=S)c1CC2. The van der Waals surface area contributed by atoms with Crippen LogP contribution >= 0.6 is 32.9 Å². The van der Waals surface area contributed by atoms with E-state index in [0.717, 1.165) is 22.4 Å². The summed E-state index contributed by atoms with van der Waals surface area (Å²) in [7, 11) is 5.22. The molecule has 0 aliphatic heterocycles. The number of benzene rings is 1. The minimum atomic E-state index is 0.927. The molecule has 16 heavy (non-hydrogen) atoms. The van der Waals surface area contributed by atoms with Crippen LogP contribution in [-0.2, 0) is 12.8 Å². The van der Waals surface area contributed by atoms with Crippen LogP contribution in [0.1, 0.15) is 11.1 Å². The average molecular weight is 266 g/mol. The van der Waals surface area contributed by atoms with Crippen molar-refractivity contribution in [3.05, 3.63) is 33.1 Å². The fraction of sp³-hybridized carbons (Fsp3) is 0.250. The van der Waals surface area contributed by atoms with E-state index in [0.29, 0.717) is 0 Å². The number of hydrogen-bond donors (Lipinski definition) is 0. The van der Waals surface area contributed by atoms with Gasteiger partial charge in [-0.25, -0.2) is 0 Å². The predicted molar refractivity (Wildman–Crippen MR) is 72.4 cm³/mol. The molecule has 1 aromatic heterocycles. The first-order valence-electron chi connectivity index (χ1n) is 5.09. The number of methoxy groups -OCH3 is 1. The minimum absolute atomic E-state index is 0.927. The van der Waals surface area contributed by atoms with Crippen molar-refractivity contribution in [2.45, 2.75) is 12.8 Å². The highest BCUT2D eigenvalue weighted by Crippen LogP contribution is 2.42. The molecule has 0 N–H and O–H groups in total. The van der Waals surface area contributed by atoms with Crippen molar-refractivity contribution in [2.75, 3.05) is 7.11 Å². The molecular weight excluding hydrogens is 256 g/mol. The van der Waals surface area contributed by atoms with E-state index in [2.05, 4.69) is 12.1 Å². The van der Waals surface area contributed by atoms with E-state index < -0.39 is 0 Å². The molecule has 1 aliphatic carbocycles. The lowest BCUT2D eigenvalue weighted by Crippen LogP contribution is -2.01. The molecule has 0 unspecified atom stereocenters. The van der Waals surface area contributed by atoms with Gasteiger partial charge in [-0.2, -0.15) is 0 Å². The zero-order valence-electron chi connectivity index (χ0n) is 8.78. The normalized spacial score (nSPS) is 13.1. The van der Waals surface area contributed by atoms with Crippen LogP contribution in [0.2, 0.25) is 0 Å². The van der Waals surface area contributed by atoms with Crippen LogP contribution in [0.3, 0.4) is 0 Å². The molecular formula is C12H10OS3. The van der Waals surface area contributed by atoms with Gasteiger partial charge in [-0.05, 0) is 36.1 Å². The minimum Gasteiger partial charge on any atom is -0.497 e. The first-order valence-corrected chi connectivity index (χ1v) is 7.64. The summed E-state index contributed by atoms with van der Waals surface area (Å²) in [5, 5.41) is 0. The Hall–Kier alpha value is -0.710. The third kappa shape index (κ3) is 1.52.